The molecule has 1 heterocycles. The Kier molecular flexibility index (Phi) is 8.96. The quantitative estimate of drug-likeness (QED) is 0.376. The molecule has 1 aromatic carbocycles. The highest BCUT2D eigenvalue weighted by Crippen LogP contribution is 2.46. The summed E-state index contributed by atoms with van der Waals surface area (Å²) in [5.41, 5.74) is 1.33. The Bertz CT molecular complexity index is 1050. The minimum absolute atomic E-state index is 0.0291. The number of carboxylic acids is 2. The van der Waals surface area contributed by atoms with Gasteiger partial charge in [-0.15, -0.1) is 11.3 Å². The predicted octanol–water partition coefficient (Wildman–Crippen LogP) is 6.27. The summed E-state index contributed by atoms with van der Waals surface area (Å²) >= 11 is 4.36. The van der Waals surface area contributed by atoms with Crippen molar-refractivity contribution < 1.29 is 34.1 Å². The zero-order valence-corrected chi connectivity index (χ0v) is 21.5. The van der Waals surface area contributed by atoms with Crippen LogP contribution in [0.4, 0.5) is 10.5 Å². The molecule has 1 aromatic heterocycles. The number of anilines is 1. The molecule has 0 aliphatic heterocycles. The van der Waals surface area contributed by atoms with Crippen LogP contribution in [0.5, 0.6) is 5.75 Å². The Morgan fingerprint density at radius 1 is 1.18 bits per heavy atom. The summed E-state index contributed by atoms with van der Waals surface area (Å²) in [6.45, 7) is 3.50. The lowest BCUT2D eigenvalue weighted by Gasteiger charge is -2.30. The van der Waals surface area contributed by atoms with Crippen molar-refractivity contribution in [3.8, 4) is 16.2 Å². The predicted molar refractivity (Wildman–Crippen MR) is 133 cm³/mol. The molecular weight excluding hydrogens is 526 g/mol. The SMILES string of the molecule is CC(C)OC(=O)N(CC1CCCCC1)c1cccc(-c2sc(C(=O)O)c(OCC(=O)O)c2Br)c1. The third kappa shape index (κ3) is 6.50. The maximum Gasteiger partial charge on any atom is 0.414 e. The highest BCUT2D eigenvalue weighted by atomic mass is 79.9. The molecular formula is C24H28BrNO7S. The van der Waals surface area contributed by atoms with Crippen LogP contribution in [-0.4, -0.2) is 47.5 Å². The van der Waals surface area contributed by atoms with Crippen LogP contribution in [0.25, 0.3) is 10.4 Å². The standard InChI is InChI=1S/C24H28BrNO7S/c1-14(2)33-24(31)26(12-15-7-4-3-5-8-15)17-10-6-9-16(11-17)21-19(25)20(32-13-18(27)28)22(34-21)23(29)30/h6,9-11,14-15H,3-5,7-8,12-13H2,1-2H3,(H,27,28)(H,29,30). The smallest absolute Gasteiger partial charge is 0.414 e. The molecule has 8 nitrogen and oxygen atoms in total. The lowest BCUT2D eigenvalue weighted by atomic mass is 9.89. The first-order valence-electron chi connectivity index (χ1n) is 11.2. The van der Waals surface area contributed by atoms with Gasteiger partial charge in [0.15, 0.2) is 17.2 Å². The number of amides is 1. The zero-order chi connectivity index (χ0) is 24.8. The summed E-state index contributed by atoms with van der Waals surface area (Å²) in [5.74, 6) is -2.06. The molecule has 1 saturated carbocycles. The molecule has 1 aliphatic carbocycles. The van der Waals surface area contributed by atoms with Gasteiger partial charge in [0.05, 0.1) is 15.5 Å². The van der Waals surface area contributed by atoms with Crippen LogP contribution < -0.4 is 9.64 Å². The van der Waals surface area contributed by atoms with E-state index in [1.807, 2.05) is 26.0 Å². The Hall–Kier alpha value is -2.59. The molecule has 0 saturated heterocycles. The molecule has 3 rings (SSSR count). The van der Waals surface area contributed by atoms with Gasteiger partial charge >= 0.3 is 18.0 Å². The van der Waals surface area contributed by atoms with Gasteiger partial charge in [-0.25, -0.2) is 14.4 Å². The molecule has 0 bridgehead atoms. The van der Waals surface area contributed by atoms with E-state index in [9.17, 15) is 19.5 Å². The minimum atomic E-state index is -1.21. The number of ether oxygens (including phenoxy) is 2. The van der Waals surface area contributed by atoms with Crippen molar-refractivity contribution in [3.05, 3.63) is 33.6 Å². The molecule has 10 heteroatoms. The number of benzene rings is 1. The maximum absolute atomic E-state index is 13.0. The second-order valence-electron chi connectivity index (χ2n) is 8.49. The number of carbonyl (C=O) groups excluding carboxylic acids is 1. The van der Waals surface area contributed by atoms with Crippen molar-refractivity contribution in [2.75, 3.05) is 18.1 Å². The number of hydrogen-bond acceptors (Lipinski definition) is 6. The first-order valence-corrected chi connectivity index (χ1v) is 12.8. The molecule has 2 N–H and O–H groups in total. The molecule has 0 atom stereocenters. The van der Waals surface area contributed by atoms with Gasteiger partial charge in [-0.1, -0.05) is 31.4 Å². The first kappa shape index (κ1) is 26.0. The van der Waals surface area contributed by atoms with E-state index in [0.717, 1.165) is 37.0 Å². The maximum atomic E-state index is 13.0. The van der Waals surface area contributed by atoms with Gasteiger partial charge in [-0.2, -0.15) is 0 Å². The number of thiophene rings is 1. The van der Waals surface area contributed by atoms with E-state index < -0.39 is 24.6 Å². The number of hydrogen-bond donors (Lipinski definition) is 2. The molecule has 0 spiro atoms. The highest BCUT2D eigenvalue weighted by molar-refractivity contribution is 9.10. The van der Waals surface area contributed by atoms with Crippen LogP contribution in [-0.2, 0) is 9.53 Å². The zero-order valence-electron chi connectivity index (χ0n) is 19.1. The fourth-order valence-corrected chi connectivity index (χ4v) is 5.87. The Morgan fingerprint density at radius 3 is 2.50 bits per heavy atom. The van der Waals surface area contributed by atoms with Crippen LogP contribution in [0.15, 0.2) is 28.7 Å². The van der Waals surface area contributed by atoms with Crippen molar-refractivity contribution in [1.82, 2.24) is 0 Å². The Labute approximate surface area is 210 Å². The van der Waals surface area contributed by atoms with Crippen molar-refractivity contribution in [2.24, 2.45) is 5.92 Å². The highest BCUT2D eigenvalue weighted by Gasteiger charge is 2.27. The molecule has 1 amide bonds. The number of aromatic carboxylic acids is 1. The van der Waals surface area contributed by atoms with Crippen LogP contribution >= 0.6 is 27.3 Å². The second-order valence-corrected chi connectivity index (χ2v) is 10.3. The summed E-state index contributed by atoms with van der Waals surface area (Å²) < 4.78 is 11.1. The van der Waals surface area contributed by atoms with Crippen molar-refractivity contribution in [1.29, 1.82) is 0 Å². The molecule has 2 aromatic rings. The van der Waals surface area contributed by atoms with Gasteiger partial charge in [0, 0.05) is 12.2 Å². The monoisotopic (exact) mass is 553 g/mol. The summed E-state index contributed by atoms with van der Waals surface area (Å²) in [6.07, 6.45) is 4.96. The van der Waals surface area contributed by atoms with E-state index in [0.29, 0.717) is 33.1 Å². The molecule has 184 valence electrons. The fraction of sp³-hybridized carbons (Fsp3) is 0.458. The lowest BCUT2D eigenvalue weighted by Crippen LogP contribution is -2.37. The van der Waals surface area contributed by atoms with Crippen LogP contribution in [0.3, 0.4) is 0 Å². The van der Waals surface area contributed by atoms with Gasteiger partial charge in [0.2, 0.25) is 0 Å². The largest absolute Gasteiger partial charge is 0.479 e. The van der Waals surface area contributed by atoms with E-state index in [1.54, 1.807) is 17.0 Å². The molecule has 0 unspecified atom stereocenters. The minimum Gasteiger partial charge on any atom is -0.479 e. The van der Waals surface area contributed by atoms with Crippen molar-refractivity contribution in [3.63, 3.8) is 0 Å². The average molecular weight is 554 g/mol. The first-order chi connectivity index (χ1) is 16.2. The van der Waals surface area contributed by atoms with E-state index >= 15 is 0 Å². The van der Waals surface area contributed by atoms with E-state index in [-0.39, 0.29) is 16.7 Å². The molecule has 1 aliphatic rings. The van der Waals surface area contributed by atoms with E-state index in [4.69, 9.17) is 14.6 Å². The third-order valence-corrected chi connectivity index (χ3v) is 7.71. The van der Waals surface area contributed by atoms with Crippen LogP contribution in [0.1, 0.15) is 55.6 Å². The fourth-order valence-electron chi connectivity index (χ4n) is 3.98. The lowest BCUT2D eigenvalue weighted by molar-refractivity contribution is -0.139. The van der Waals surface area contributed by atoms with Crippen LogP contribution in [0, 0.1) is 5.92 Å². The van der Waals surface area contributed by atoms with E-state index in [1.165, 1.54) is 6.42 Å². The topological polar surface area (TPSA) is 113 Å². The van der Waals surface area contributed by atoms with Crippen LogP contribution in [0.2, 0.25) is 0 Å². The number of carboxylic acid groups (broad SMARTS) is 2. The number of carbonyl (C=O) groups is 3. The van der Waals surface area contributed by atoms with Gasteiger partial charge in [-0.3, -0.25) is 4.90 Å². The normalized spacial score (nSPS) is 14.1. The van der Waals surface area contributed by atoms with E-state index in [2.05, 4.69) is 15.9 Å². The number of rotatable bonds is 9. The number of aliphatic carboxylic acids is 1. The molecule has 34 heavy (non-hydrogen) atoms. The third-order valence-electron chi connectivity index (χ3n) is 5.49. The number of halogens is 1. The summed E-state index contributed by atoms with van der Waals surface area (Å²) in [6, 6.07) is 7.24. The van der Waals surface area contributed by atoms with Crippen molar-refractivity contribution >= 4 is 51.0 Å². The Balaban J connectivity index is 1.97. The van der Waals surface area contributed by atoms with Gasteiger partial charge < -0.3 is 19.7 Å². The second kappa shape index (κ2) is 11.7. The average Bonchev–Trinajstić information content (AvgIpc) is 3.12. The number of nitrogens with zero attached hydrogens (tertiary/aromatic N) is 1. The summed E-state index contributed by atoms with van der Waals surface area (Å²) in [4.78, 5) is 37.8. The summed E-state index contributed by atoms with van der Waals surface area (Å²) in [7, 11) is 0. The Morgan fingerprint density at radius 2 is 1.88 bits per heavy atom. The van der Waals surface area contributed by atoms with Crippen molar-refractivity contribution in [2.45, 2.75) is 52.1 Å². The van der Waals surface area contributed by atoms with Gasteiger partial charge in [0.1, 0.15) is 0 Å². The van der Waals surface area contributed by atoms with Gasteiger partial charge in [-0.05, 0) is 66.2 Å². The van der Waals surface area contributed by atoms with Gasteiger partial charge in [0.25, 0.3) is 0 Å². The summed E-state index contributed by atoms with van der Waals surface area (Å²) in [5, 5.41) is 18.5. The molecule has 1 fully saturated rings. The molecule has 0 radical (unpaired) electrons.